The zero-order valence-corrected chi connectivity index (χ0v) is 15.7. The van der Waals surface area contributed by atoms with Gasteiger partial charge in [0.1, 0.15) is 0 Å². The predicted molar refractivity (Wildman–Crippen MR) is 104 cm³/mol. The molecule has 3 rings (SSSR count). The topological polar surface area (TPSA) is 36.4 Å². The van der Waals surface area contributed by atoms with Crippen molar-refractivity contribution in [3.05, 3.63) is 64.9 Å². The molecule has 1 aromatic carbocycles. The standard InChI is InChI=1S/C19H22ClN3OS/c20-18-3-1-2-17(12-18)14-25-15-19(24)23-10-8-22(9-11-23)13-16-4-6-21-7-5-16/h1-7,12H,8-11,13-15H2. The number of rotatable bonds is 6. The van der Waals surface area contributed by atoms with Gasteiger partial charge in [-0.15, -0.1) is 11.8 Å². The highest BCUT2D eigenvalue weighted by molar-refractivity contribution is 7.99. The number of benzene rings is 1. The van der Waals surface area contributed by atoms with E-state index in [9.17, 15) is 4.79 Å². The summed E-state index contributed by atoms with van der Waals surface area (Å²) >= 11 is 7.64. The molecule has 0 spiro atoms. The van der Waals surface area contributed by atoms with Crippen LogP contribution in [0.25, 0.3) is 0 Å². The van der Waals surface area contributed by atoms with Crippen LogP contribution in [0.1, 0.15) is 11.1 Å². The van der Waals surface area contributed by atoms with E-state index in [0.29, 0.717) is 5.75 Å². The second-order valence-corrected chi connectivity index (χ2v) is 7.56. The van der Waals surface area contributed by atoms with Crippen molar-refractivity contribution in [3.8, 4) is 0 Å². The smallest absolute Gasteiger partial charge is 0.232 e. The van der Waals surface area contributed by atoms with E-state index in [2.05, 4.69) is 9.88 Å². The van der Waals surface area contributed by atoms with Crippen LogP contribution < -0.4 is 0 Å². The normalized spacial score (nSPS) is 15.3. The molecule has 132 valence electrons. The van der Waals surface area contributed by atoms with Crippen molar-refractivity contribution >= 4 is 29.3 Å². The minimum absolute atomic E-state index is 0.232. The molecule has 1 fully saturated rings. The van der Waals surface area contributed by atoms with Gasteiger partial charge in [-0.2, -0.15) is 0 Å². The summed E-state index contributed by atoms with van der Waals surface area (Å²) in [5.74, 6) is 1.57. The Labute approximate surface area is 158 Å². The summed E-state index contributed by atoms with van der Waals surface area (Å²) in [6.45, 7) is 4.39. The molecular weight excluding hydrogens is 354 g/mol. The molecule has 0 N–H and O–H groups in total. The maximum Gasteiger partial charge on any atom is 0.232 e. The molecule has 4 nitrogen and oxygen atoms in total. The zero-order valence-electron chi connectivity index (χ0n) is 14.1. The Bertz CT molecular complexity index is 690. The Morgan fingerprint density at radius 1 is 1.08 bits per heavy atom. The Morgan fingerprint density at radius 3 is 2.56 bits per heavy atom. The highest BCUT2D eigenvalue weighted by Gasteiger charge is 2.20. The molecule has 1 aromatic heterocycles. The van der Waals surface area contributed by atoms with Crippen LogP contribution >= 0.6 is 23.4 Å². The van der Waals surface area contributed by atoms with Crippen molar-refractivity contribution < 1.29 is 4.79 Å². The molecule has 1 saturated heterocycles. The molecule has 0 saturated carbocycles. The number of pyridine rings is 1. The molecule has 0 aliphatic carbocycles. The quantitative estimate of drug-likeness (QED) is 0.776. The van der Waals surface area contributed by atoms with Crippen molar-refractivity contribution in [1.29, 1.82) is 0 Å². The first kappa shape index (κ1) is 18.2. The van der Waals surface area contributed by atoms with Crippen LogP contribution in [0.2, 0.25) is 5.02 Å². The molecule has 25 heavy (non-hydrogen) atoms. The van der Waals surface area contributed by atoms with E-state index in [1.54, 1.807) is 11.8 Å². The summed E-state index contributed by atoms with van der Waals surface area (Å²) in [7, 11) is 0. The molecule has 0 unspecified atom stereocenters. The van der Waals surface area contributed by atoms with E-state index >= 15 is 0 Å². The van der Waals surface area contributed by atoms with Crippen molar-refractivity contribution in [3.63, 3.8) is 0 Å². The number of nitrogens with zero attached hydrogens (tertiary/aromatic N) is 3. The third-order valence-electron chi connectivity index (χ3n) is 4.26. The number of hydrogen-bond acceptors (Lipinski definition) is 4. The van der Waals surface area contributed by atoms with Crippen molar-refractivity contribution in [2.24, 2.45) is 0 Å². The van der Waals surface area contributed by atoms with Crippen LogP contribution in [0.3, 0.4) is 0 Å². The van der Waals surface area contributed by atoms with Crippen molar-refractivity contribution in [2.75, 3.05) is 31.9 Å². The number of halogens is 1. The maximum absolute atomic E-state index is 12.4. The van der Waals surface area contributed by atoms with Crippen molar-refractivity contribution in [2.45, 2.75) is 12.3 Å². The van der Waals surface area contributed by atoms with Gasteiger partial charge in [0.2, 0.25) is 5.91 Å². The van der Waals surface area contributed by atoms with Crippen LogP contribution in [0.4, 0.5) is 0 Å². The van der Waals surface area contributed by atoms with Gasteiger partial charge in [0.25, 0.3) is 0 Å². The first-order valence-corrected chi connectivity index (χ1v) is 9.95. The molecule has 2 aromatic rings. The average Bonchev–Trinajstić information content (AvgIpc) is 2.63. The lowest BCUT2D eigenvalue weighted by Crippen LogP contribution is -2.48. The summed E-state index contributed by atoms with van der Waals surface area (Å²) < 4.78 is 0. The second kappa shape index (κ2) is 9.22. The molecule has 6 heteroatoms. The molecule has 1 aliphatic rings. The largest absolute Gasteiger partial charge is 0.339 e. The van der Waals surface area contributed by atoms with Gasteiger partial charge in [-0.05, 0) is 35.4 Å². The first-order valence-electron chi connectivity index (χ1n) is 8.42. The maximum atomic E-state index is 12.4. The van der Waals surface area contributed by atoms with Crippen LogP contribution in [-0.4, -0.2) is 52.6 Å². The number of carbonyl (C=O) groups excluding carboxylic acids is 1. The molecular formula is C19H22ClN3OS. The van der Waals surface area contributed by atoms with Gasteiger partial charge in [0.15, 0.2) is 0 Å². The third kappa shape index (κ3) is 5.73. The van der Waals surface area contributed by atoms with Crippen LogP contribution in [0.15, 0.2) is 48.8 Å². The summed E-state index contributed by atoms with van der Waals surface area (Å²) in [6.07, 6.45) is 3.65. The first-order chi connectivity index (χ1) is 12.2. The van der Waals surface area contributed by atoms with E-state index in [0.717, 1.165) is 49.1 Å². The fourth-order valence-electron chi connectivity index (χ4n) is 2.88. The summed E-state index contributed by atoms with van der Waals surface area (Å²) in [5.41, 5.74) is 2.43. The molecule has 1 amide bonds. The van der Waals surface area contributed by atoms with Gasteiger partial charge >= 0.3 is 0 Å². The average molecular weight is 376 g/mol. The van der Waals surface area contributed by atoms with Crippen LogP contribution in [0, 0.1) is 0 Å². The fraction of sp³-hybridized carbons (Fsp3) is 0.368. The lowest BCUT2D eigenvalue weighted by molar-refractivity contribution is -0.130. The Kier molecular flexibility index (Phi) is 6.73. The monoisotopic (exact) mass is 375 g/mol. The van der Waals surface area contributed by atoms with Crippen LogP contribution in [-0.2, 0) is 17.1 Å². The lowest BCUT2D eigenvalue weighted by atomic mass is 10.2. The van der Waals surface area contributed by atoms with E-state index in [4.69, 9.17) is 11.6 Å². The molecule has 1 aliphatic heterocycles. The fourth-order valence-corrected chi connectivity index (χ4v) is 3.96. The third-order valence-corrected chi connectivity index (χ3v) is 5.49. The summed E-state index contributed by atoms with van der Waals surface area (Å²) in [6, 6.07) is 11.9. The van der Waals surface area contributed by atoms with E-state index < -0.39 is 0 Å². The molecule has 0 bridgehead atoms. The number of amides is 1. The van der Waals surface area contributed by atoms with Gasteiger partial charge in [0.05, 0.1) is 5.75 Å². The molecule has 0 radical (unpaired) electrons. The van der Waals surface area contributed by atoms with Gasteiger partial charge in [-0.1, -0.05) is 23.7 Å². The summed E-state index contributed by atoms with van der Waals surface area (Å²) in [5, 5.41) is 0.745. The van der Waals surface area contributed by atoms with E-state index in [1.165, 1.54) is 5.56 Å². The van der Waals surface area contributed by atoms with Gasteiger partial charge in [-0.25, -0.2) is 0 Å². The van der Waals surface area contributed by atoms with E-state index in [-0.39, 0.29) is 5.91 Å². The second-order valence-electron chi connectivity index (χ2n) is 6.14. The van der Waals surface area contributed by atoms with E-state index in [1.807, 2.05) is 53.7 Å². The Hall–Kier alpha value is -1.56. The Morgan fingerprint density at radius 2 is 1.84 bits per heavy atom. The molecule has 2 heterocycles. The number of hydrogen-bond donors (Lipinski definition) is 0. The zero-order chi connectivity index (χ0) is 17.5. The highest BCUT2D eigenvalue weighted by atomic mass is 35.5. The Balaban J connectivity index is 1.38. The number of piperazine rings is 1. The van der Waals surface area contributed by atoms with Gasteiger partial charge in [-0.3, -0.25) is 14.7 Å². The predicted octanol–water partition coefficient (Wildman–Crippen LogP) is 3.31. The lowest BCUT2D eigenvalue weighted by Gasteiger charge is -2.34. The SMILES string of the molecule is O=C(CSCc1cccc(Cl)c1)N1CCN(Cc2ccncc2)CC1. The highest BCUT2D eigenvalue weighted by Crippen LogP contribution is 2.17. The number of thioether (sulfide) groups is 1. The van der Waals surface area contributed by atoms with Crippen molar-refractivity contribution in [1.82, 2.24) is 14.8 Å². The van der Waals surface area contributed by atoms with Gasteiger partial charge < -0.3 is 4.90 Å². The van der Waals surface area contributed by atoms with Crippen LogP contribution in [0.5, 0.6) is 0 Å². The number of aromatic nitrogens is 1. The molecule has 0 atom stereocenters. The minimum Gasteiger partial charge on any atom is -0.339 e. The summed E-state index contributed by atoms with van der Waals surface area (Å²) in [4.78, 5) is 20.8. The minimum atomic E-state index is 0.232. The van der Waals surface area contributed by atoms with Gasteiger partial charge in [0, 0.05) is 55.9 Å². The number of carbonyl (C=O) groups is 1.